The number of rotatable bonds is 2. The van der Waals surface area contributed by atoms with E-state index in [1.54, 1.807) is 4.90 Å². The third kappa shape index (κ3) is 2.56. The van der Waals surface area contributed by atoms with Crippen molar-refractivity contribution in [2.75, 3.05) is 4.90 Å². The van der Waals surface area contributed by atoms with Gasteiger partial charge in [-0.25, -0.2) is 9.79 Å². The molecule has 1 aliphatic heterocycles. The van der Waals surface area contributed by atoms with Gasteiger partial charge in [0.05, 0.1) is 11.3 Å². The SMILES string of the molecule is NC1=NC2(CCCCC2)N(c2ccc(O)cc2C(=O)O)C(N)=N1. The fraction of sp³-hybridized carbons (Fsp3) is 0.400. The standard InChI is InChI=1S/C15H19N5O3/c16-13-18-14(17)20(15(19-13)6-2-1-3-7-15)11-5-4-9(21)8-10(11)12(22)23/h4-5,8,21H,1-3,6-7H2,(H,22,23)(H4,16,17,18,19). The monoisotopic (exact) mass is 317 g/mol. The number of phenolic OH excluding ortho intramolecular Hbond substituents is 1. The van der Waals surface area contributed by atoms with Crippen LogP contribution < -0.4 is 16.4 Å². The lowest BCUT2D eigenvalue weighted by Crippen LogP contribution is -2.58. The third-order valence-electron chi connectivity index (χ3n) is 4.30. The van der Waals surface area contributed by atoms with Gasteiger partial charge in [0.2, 0.25) is 11.9 Å². The van der Waals surface area contributed by atoms with Crippen LogP contribution in [0, 0.1) is 0 Å². The number of hydrogen-bond acceptors (Lipinski definition) is 7. The van der Waals surface area contributed by atoms with Gasteiger partial charge in [0.1, 0.15) is 11.4 Å². The molecule has 1 spiro atoms. The number of nitrogens with zero attached hydrogens (tertiary/aromatic N) is 3. The van der Waals surface area contributed by atoms with Crippen molar-refractivity contribution in [3.05, 3.63) is 23.8 Å². The molecule has 0 aromatic heterocycles. The number of phenols is 1. The van der Waals surface area contributed by atoms with Crippen LogP contribution in [-0.2, 0) is 0 Å². The highest BCUT2D eigenvalue weighted by Gasteiger charge is 2.43. The Labute approximate surface area is 133 Å². The van der Waals surface area contributed by atoms with Crippen LogP contribution >= 0.6 is 0 Å². The number of guanidine groups is 2. The van der Waals surface area contributed by atoms with E-state index < -0.39 is 11.6 Å². The van der Waals surface area contributed by atoms with Crippen LogP contribution in [0.5, 0.6) is 5.75 Å². The van der Waals surface area contributed by atoms with E-state index >= 15 is 0 Å². The zero-order chi connectivity index (χ0) is 16.6. The predicted molar refractivity (Wildman–Crippen MR) is 86.6 cm³/mol. The molecule has 8 nitrogen and oxygen atoms in total. The average molecular weight is 317 g/mol. The molecule has 1 aliphatic carbocycles. The summed E-state index contributed by atoms with van der Waals surface area (Å²) in [6.07, 6.45) is 4.40. The Morgan fingerprint density at radius 2 is 1.91 bits per heavy atom. The van der Waals surface area contributed by atoms with Crippen LogP contribution in [0.1, 0.15) is 42.5 Å². The van der Waals surface area contributed by atoms with Crippen LogP contribution in [0.15, 0.2) is 28.2 Å². The first kappa shape index (κ1) is 15.1. The molecule has 23 heavy (non-hydrogen) atoms. The van der Waals surface area contributed by atoms with Crippen LogP contribution in [-0.4, -0.2) is 33.8 Å². The smallest absolute Gasteiger partial charge is 0.337 e. The number of carboxylic acid groups (broad SMARTS) is 1. The maximum atomic E-state index is 11.6. The van der Waals surface area contributed by atoms with Gasteiger partial charge in [0, 0.05) is 0 Å². The highest BCUT2D eigenvalue weighted by molar-refractivity contribution is 6.09. The van der Waals surface area contributed by atoms with Crippen molar-refractivity contribution in [2.45, 2.75) is 37.8 Å². The predicted octanol–water partition coefficient (Wildman–Crippen LogP) is 1.20. The van der Waals surface area contributed by atoms with Crippen molar-refractivity contribution in [3.8, 4) is 5.75 Å². The van der Waals surface area contributed by atoms with E-state index in [0.717, 1.165) is 19.3 Å². The Balaban J connectivity index is 2.16. The van der Waals surface area contributed by atoms with Crippen molar-refractivity contribution in [1.29, 1.82) is 0 Å². The molecular formula is C15H19N5O3. The van der Waals surface area contributed by atoms with Crippen molar-refractivity contribution in [3.63, 3.8) is 0 Å². The lowest BCUT2D eigenvalue weighted by molar-refractivity contribution is 0.0697. The van der Waals surface area contributed by atoms with E-state index in [0.29, 0.717) is 18.5 Å². The molecule has 1 aromatic rings. The van der Waals surface area contributed by atoms with Gasteiger partial charge in [0.25, 0.3) is 0 Å². The van der Waals surface area contributed by atoms with Crippen molar-refractivity contribution < 1.29 is 15.0 Å². The van der Waals surface area contributed by atoms with Crippen molar-refractivity contribution >= 4 is 23.6 Å². The Bertz CT molecular complexity index is 707. The third-order valence-corrected chi connectivity index (χ3v) is 4.30. The number of anilines is 1. The van der Waals surface area contributed by atoms with Crippen molar-refractivity contribution in [2.24, 2.45) is 21.5 Å². The van der Waals surface area contributed by atoms with Gasteiger partial charge in [-0.1, -0.05) is 6.42 Å². The maximum Gasteiger partial charge on any atom is 0.337 e. The Kier molecular flexibility index (Phi) is 3.59. The quantitative estimate of drug-likeness (QED) is 0.646. The molecule has 0 bridgehead atoms. The van der Waals surface area contributed by atoms with E-state index in [2.05, 4.69) is 9.98 Å². The summed E-state index contributed by atoms with van der Waals surface area (Å²) in [5, 5.41) is 19.1. The minimum Gasteiger partial charge on any atom is -0.508 e. The van der Waals surface area contributed by atoms with E-state index in [1.165, 1.54) is 18.2 Å². The van der Waals surface area contributed by atoms with E-state index in [9.17, 15) is 15.0 Å². The Morgan fingerprint density at radius 1 is 1.22 bits per heavy atom. The molecule has 0 radical (unpaired) electrons. The summed E-state index contributed by atoms with van der Waals surface area (Å²) in [4.78, 5) is 21.7. The molecule has 0 unspecified atom stereocenters. The molecule has 1 heterocycles. The number of nitrogens with two attached hydrogens (primary N) is 2. The lowest BCUT2D eigenvalue weighted by atomic mass is 9.87. The number of aromatic hydroxyl groups is 1. The van der Waals surface area contributed by atoms with Gasteiger partial charge in [-0.2, -0.15) is 4.99 Å². The molecule has 1 saturated carbocycles. The molecule has 2 aliphatic rings. The zero-order valence-corrected chi connectivity index (χ0v) is 12.6. The summed E-state index contributed by atoms with van der Waals surface area (Å²) >= 11 is 0. The summed E-state index contributed by atoms with van der Waals surface area (Å²) in [5.41, 5.74) is 11.5. The number of benzene rings is 1. The van der Waals surface area contributed by atoms with E-state index in [4.69, 9.17) is 11.5 Å². The topological polar surface area (TPSA) is 138 Å². The van der Waals surface area contributed by atoms with Crippen LogP contribution in [0.3, 0.4) is 0 Å². The first-order chi connectivity index (χ1) is 10.9. The molecule has 1 fully saturated rings. The summed E-state index contributed by atoms with van der Waals surface area (Å²) in [6.45, 7) is 0. The van der Waals surface area contributed by atoms with Crippen molar-refractivity contribution in [1.82, 2.24) is 0 Å². The minimum absolute atomic E-state index is 0.0521. The number of carbonyl (C=O) groups is 1. The second-order valence-electron chi connectivity index (χ2n) is 5.83. The molecule has 0 atom stereocenters. The van der Waals surface area contributed by atoms with Gasteiger partial charge >= 0.3 is 5.97 Å². The number of hydrogen-bond donors (Lipinski definition) is 4. The molecule has 122 valence electrons. The Hall–Kier alpha value is -2.77. The van der Waals surface area contributed by atoms with Crippen LogP contribution in [0.4, 0.5) is 5.69 Å². The highest BCUT2D eigenvalue weighted by atomic mass is 16.4. The normalized spacial score (nSPS) is 20.1. The zero-order valence-electron chi connectivity index (χ0n) is 12.6. The largest absolute Gasteiger partial charge is 0.508 e. The molecule has 3 rings (SSSR count). The number of aromatic carboxylic acids is 1. The second-order valence-corrected chi connectivity index (χ2v) is 5.83. The lowest BCUT2D eigenvalue weighted by Gasteiger charge is -2.46. The highest BCUT2D eigenvalue weighted by Crippen LogP contribution is 2.41. The molecule has 8 heteroatoms. The molecule has 1 aromatic carbocycles. The number of carboxylic acids is 1. The fourth-order valence-electron chi connectivity index (χ4n) is 3.36. The summed E-state index contributed by atoms with van der Waals surface area (Å²) < 4.78 is 0. The summed E-state index contributed by atoms with van der Waals surface area (Å²) in [6, 6.07) is 4.14. The minimum atomic E-state index is -1.16. The molecular weight excluding hydrogens is 298 g/mol. The first-order valence-corrected chi connectivity index (χ1v) is 7.49. The first-order valence-electron chi connectivity index (χ1n) is 7.49. The van der Waals surface area contributed by atoms with Gasteiger partial charge in [-0.3, -0.25) is 4.90 Å². The molecule has 6 N–H and O–H groups in total. The molecule has 0 amide bonds. The van der Waals surface area contributed by atoms with Gasteiger partial charge in [-0.15, -0.1) is 0 Å². The summed E-state index contributed by atoms with van der Waals surface area (Å²) in [5.74, 6) is -1.06. The number of aliphatic imine (C=N–C) groups is 2. The van der Waals surface area contributed by atoms with E-state index in [1.807, 2.05) is 0 Å². The average Bonchev–Trinajstić information content (AvgIpc) is 2.48. The van der Waals surface area contributed by atoms with Crippen LogP contribution in [0.25, 0.3) is 0 Å². The van der Waals surface area contributed by atoms with E-state index in [-0.39, 0.29) is 23.2 Å². The maximum absolute atomic E-state index is 11.6. The second kappa shape index (κ2) is 5.45. The summed E-state index contributed by atoms with van der Waals surface area (Å²) in [7, 11) is 0. The van der Waals surface area contributed by atoms with Gasteiger partial charge in [0.15, 0.2) is 0 Å². The molecule has 0 saturated heterocycles. The Morgan fingerprint density at radius 3 is 2.57 bits per heavy atom. The van der Waals surface area contributed by atoms with Gasteiger partial charge in [-0.05, 0) is 43.9 Å². The fourth-order valence-corrected chi connectivity index (χ4v) is 3.36. The van der Waals surface area contributed by atoms with Gasteiger partial charge < -0.3 is 21.7 Å². The van der Waals surface area contributed by atoms with Crippen LogP contribution in [0.2, 0.25) is 0 Å².